The highest BCUT2D eigenvalue weighted by atomic mass is 14.9. The van der Waals surface area contributed by atoms with Crippen LogP contribution in [0.1, 0.15) is 11.1 Å². The highest BCUT2D eigenvalue weighted by Crippen LogP contribution is 2.30. The van der Waals surface area contributed by atoms with E-state index in [-0.39, 0.29) is 0 Å². The first kappa shape index (κ1) is 15.0. The third kappa shape index (κ3) is 2.86. The highest BCUT2D eigenvalue weighted by molar-refractivity contribution is 5.79. The molecule has 0 unspecified atom stereocenters. The van der Waals surface area contributed by atoms with E-state index in [1.54, 1.807) is 0 Å². The molecular weight excluding hydrogens is 282 g/mol. The van der Waals surface area contributed by atoms with Gasteiger partial charge in [0.05, 0.1) is 5.56 Å². The zero-order valence-electron chi connectivity index (χ0n) is 13.5. The van der Waals surface area contributed by atoms with Gasteiger partial charge in [0, 0.05) is 23.4 Å². The van der Waals surface area contributed by atoms with Crippen LogP contribution in [0.15, 0.2) is 61.4 Å². The van der Waals surface area contributed by atoms with E-state index in [9.17, 15) is 0 Å². The fraction of sp³-hybridized carbons (Fsp3) is 0.100. The maximum atomic E-state index is 5.71. The van der Waals surface area contributed by atoms with Crippen LogP contribution in [0.2, 0.25) is 0 Å². The standard InChI is InChI=1S/C20H20N3/c1-4-15-7-8-16(12-14(15)2)20-18(6-5-11-23(20)3)17-9-10-19(21)22-13-17/h4-13H,1H2,2-3H3,(H2,21,22)/q+1. The molecule has 0 spiro atoms. The zero-order chi connectivity index (χ0) is 16.4. The first-order valence-electron chi connectivity index (χ1n) is 7.54. The number of anilines is 1. The Morgan fingerprint density at radius 3 is 2.57 bits per heavy atom. The maximum absolute atomic E-state index is 5.71. The lowest BCUT2D eigenvalue weighted by Crippen LogP contribution is -2.31. The number of hydrogen-bond donors (Lipinski definition) is 1. The third-order valence-corrected chi connectivity index (χ3v) is 4.04. The van der Waals surface area contributed by atoms with Gasteiger partial charge in [0.25, 0.3) is 0 Å². The number of rotatable bonds is 3. The smallest absolute Gasteiger partial charge is 0.220 e. The Kier molecular flexibility index (Phi) is 3.94. The minimum absolute atomic E-state index is 0.529. The van der Waals surface area contributed by atoms with Gasteiger partial charge in [-0.05, 0) is 48.4 Å². The summed E-state index contributed by atoms with van der Waals surface area (Å²) in [5.74, 6) is 0.529. The van der Waals surface area contributed by atoms with Crippen molar-refractivity contribution in [2.45, 2.75) is 6.92 Å². The van der Waals surface area contributed by atoms with Gasteiger partial charge in [-0.3, -0.25) is 0 Å². The van der Waals surface area contributed by atoms with Gasteiger partial charge >= 0.3 is 0 Å². The minimum Gasteiger partial charge on any atom is -0.384 e. The molecule has 0 amide bonds. The molecule has 2 aromatic heterocycles. The molecule has 0 saturated heterocycles. The van der Waals surface area contributed by atoms with E-state index in [0.717, 1.165) is 22.4 Å². The monoisotopic (exact) mass is 302 g/mol. The Balaban J connectivity index is 2.21. The second-order valence-electron chi connectivity index (χ2n) is 5.63. The van der Waals surface area contributed by atoms with Crippen molar-refractivity contribution in [3.63, 3.8) is 0 Å². The van der Waals surface area contributed by atoms with Crippen LogP contribution < -0.4 is 10.3 Å². The van der Waals surface area contributed by atoms with Crippen molar-refractivity contribution in [3.05, 3.63) is 72.6 Å². The summed E-state index contributed by atoms with van der Waals surface area (Å²) >= 11 is 0. The fourth-order valence-electron chi connectivity index (χ4n) is 2.82. The quantitative estimate of drug-likeness (QED) is 0.748. The molecule has 0 bridgehead atoms. The summed E-state index contributed by atoms with van der Waals surface area (Å²) in [6, 6.07) is 14.4. The normalized spacial score (nSPS) is 10.5. The number of benzene rings is 1. The molecular formula is C20H20N3+. The Morgan fingerprint density at radius 2 is 1.91 bits per heavy atom. The predicted molar refractivity (Wildman–Crippen MR) is 95.5 cm³/mol. The molecule has 114 valence electrons. The molecule has 0 aliphatic rings. The van der Waals surface area contributed by atoms with E-state index >= 15 is 0 Å². The second kappa shape index (κ2) is 6.05. The van der Waals surface area contributed by atoms with E-state index in [1.807, 2.05) is 30.5 Å². The molecule has 3 nitrogen and oxygen atoms in total. The lowest BCUT2D eigenvalue weighted by molar-refractivity contribution is -0.660. The first-order valence-corrected chi connectivity index (χ1v) is 7.54. The van der Waals surface area contributed by atoms with Crippen molar-refractivity contribution in [1.82, 2.24) is 4.98 Å². The summed E-state index contributed by atoms with van der Waals surface area (Å²) in [4.78, 5) is 4.22. The molecule has 0 radical (unpaired) electrons. The Labute approximate surface area is 136 Å². The summed E-state index contributed by atoms with van der Waals surface area (Å²) in [6.45, 7) is 5.96. The van der Waals surface area contributed by atoms with Gasteiger partial charge in [-0.1, -0.05) is 18.7 Å². The summed E-state index contributed by atoms with van der Waals surface area (Å²) < 4.78 is 2.13. The molecule has 2 heterocycles. The van der Waals surface area contributed by atoms with Crippen molar-refractivity contribution >= 4 is 11.9 Å². The lowest BCUT2D eigenvalue weighted by Gasteiger charge is -2.09. The Hall–Kier alpha value is -2.94. The summed E-state index contributed by atoms with van der Waals surface area (Å²) in [5, 5.41) is 0. The molecule has 1 aromatic carbocycles. The zero-order valence-corrected chi connectivity index (χ0v) is 13.5. The van der Waals surface area contributed by atoms with Crippen LogP contribution >= 0.6 is 0 Å². The van der Waals surface area contributed by atoms with Crippen LogP contribution in [-0.2, 0) is 7.05 Å². The Morgan fingerprint density at radius 1 is 1.13 bits per heavy atom. The average molecular weight is 302 g/mol. The largest absolute Gasteiger partial charge is 0.384 e. The fourth-order valence-corrected chi connectivity index (χ4v) is 2.82. The van der Waals surface area contributed by atoms with Gasteiger partial charge in [-0.15, -0.1) is 0 Å². The van der Waals surface area contributed by atoms with E-state index < -0.39 is 0 Å². The minimum atomic E-state index is 0.529. The molecule has 0 fully saturated rings. The SMILES string of the molecule is C=Cc1ccc(-c2c(-c3ccc(N)nc3)ccc[n+]2C)cc1C. The third-order valence-electron chi connectivity index (χ3n) is 4.04. The van der Waals surface area contributed by atoms with Crippen molar-refractivity contribution in [1.29, 1.82) is 0 Å². The van der Waals surface area contributed by atoms with Gasteiger partial charge in [0.1, 0.15) is 12.9 Å². The molecule has 3 heteroatoms. The van der Waals surface area contributed by atoms with Gasteiger partial charge in [0.15, 0.2) is 6.20 Å². The number of nitrogens with two attached hydrogens (primary N) is 1. The van der Waals surface area contributed by atoms with Crippen molar-refractivity contribution < 1.29 is 4.57 Å². The van der Waals surface area contributed by atoms with Crippen molar-refractivity contribution in [2.75, 3.05) is 5.73 Å². The Bertz CT molecular complexity index is 865. The van der Waals surface area contributed by atoms with E-state index in [0.29, 0.717) is 5.82 Å². The maximum Gasteiger partial charge on any atom is 0.220 e. The van der Waals surface area contributed by atoms with E-state index in [1.165, 1.54) is 11.1 Å². The van der Waals surface area contributed by atoms with Gasteiger partial charge in [-0.25, -0.2) is 9.55 Å². The number of hydrogen-bond acceptors (Lipinski definition) is 2. The van der Waals surface area contributed by atoms with Crippen LogP contribution in [0.25, 0.3) is 28.5 Å². The van der Waals surface area contributed by atoms with Gasteiger partial charge in [-0.2, -0.15) is 0 Å². The summed E-state index contributed by atoms with van der Waals surface area (Å²) in [6.07, 6.45) is 5.76. The molecule has 0 atom stereocenters. The predicted octanol–water partition coefficient (Wildman–Crippen LogP) is 3.77. The second-order valence-corrected chi connectivity index (χ2v) is 5.63. The molecule has 0 saturated carbocycles. The molecule has 23 heavy (non-hydrogen) atoms. The number of aryl methyl sites for hydroxylation is 2. The van der Waals surface area contributed by atoms with Crippen molar-refractivity contribution in [3.8, 4) is 22.4 Å². The van der Waals surface area contributed by atoms with Crippen LogP contribution in [0.5, 0.6) is 0 Å². The topological polar surface area (TPSA) is 42.8 Å². The van der Waals surface area contributed by atoms with E-state index in [2.05, 4.69) is 60.6 Å². The van der Waals surface area contributed by atoms with Gasteiger partial charge in [0.2, 0.25) is 5.69 Å². The number of nitrogens with zero attached hydrogens (tertiary/aromatic N) is 2. The molecule has 0 aliphatic carbocycles. The highest BCUT2D eigenvalue weighted by Gasteiger charge is 2.17. The lowest BCUT2D eigenvalue weighted by atomic mass is 9.97. The summed E-state index contributed by atoms with van der Waals surface area (Å²) in [7, 11) is 2.06. The van der Waals surface area contributed by atoms with Crippen LogP contribution in [0.3, 0.4) is 0 Å². The first-order chi connectivity index (χ1) is 11.1. The summed E-state index contributed by atoms with van der Waals surface area (Å²) in [5.41, 5.74) is 12.6. The molecule has 0 aliphatic heterocycles. The number of aromatic nitrogens is 2. The molecule has 3 aromatic rings. The van der Waals surface area contributed by atoms with Crippen LogP contribution in [0, 0.1) is 6.92 Å². The molecule has 2 N–H and O–H groups in total. The number of nitrogen functional groups attached to an aromatic ring is 1. The average Bonchev–Trinajstić information content (AvgIpc) is 2.55. The van der Waals surface area contributed by atoms with Crippen LogP contribution in [0.4, 0.5) is 5.82 Å². The van der Waals surface area contributed by atoms with Crippen molar-refractivity contribution in [2.24, 2.45) is 7.05 Å². The molecule has 3 rings (SSSR count). The van der Waals surface area contributed by atoms with E-state index in [4.69, 9.17) is 5.73 Å². The van der Waals surface area contributed by atoms with Crippen LogP contribution in [-0.4, -0.2) is 4.98 Å². The van der Waals surface area contributed by atoms with Gasteiger partial charge < -0.3 is 5.73 Å². The number of pyridine rings is 2.